The summed E-state index contributed by atoms with van der Waals surface area (Å²) in [5.41, 5.74) is 2.35. The first-order chi connectivity index (χ1) is 9.29. The summed E-state index contributed by atoms with van der Waals surface area (Å²) in [7, 11) is 0. The van der Waals surface area contributed by atoms with Crippen molar-refractivity contribution in [3.63, 3.8) is 0 Å². The molecule has 0 aliphatic rings. The summed E-state index contributed by atoms with van der Waals surface area (Å²) in [5, 5.41) is 0. The third-order valence-corrected chi connectivity index (χ3v) is 3.66. The molecular weight excluding hydrogens is 274 g/mol. The van der Waals surface area contributed by atoms with Gasteiger partial charge in [-0.2, -0.15) is 0 Å². The van der Waals surface area contributed by atoms with Crippen LogP contribution >= 0.6 is 24.3 Å². The maximum atomic E-state index is 9.20. The Morgan fingerprint density at radius 1 is 0.895 bits per heavy atom. The SMILES string of the molecule is OSC(=S)N(Cc1ccccc1)Cc1ccccc1. The zero-order valence-corrected chi connectivity index (χ0v) is 12.0. The normalized spacial score (nSPS) is 10.2. The molecule has 0 unspecified atom stereocenters. The number of benzene rings is 2. The molecule has 0 radical (unpaired) electrons. The van der Waals surface area contributed by atoms with Crippen molar-refractivity contribution in [1.29, 1.82) is 0 Å². The fourth-order valence-corrected chi connectivity index (χ4v) is 2.22. The third-order valence-electron chi connectivity index (χ3n) is 2.77. The van der Waals surface area contributed by atoms with Crippen LogP contribution in [0.1, 0.15) is 11.1 Å². The molecule has 2 aromatic carbocycles. The number of rotatable bonds is 4. The Morgan fingerprint density at radius 3 is 1.68 bits per heavy atom. The van der Waals surface area contributed by atoms with E-state index in [4.69, 9.17) is 12.2 Å². The van der Waals surface area contributed by atoms with Gasteiger partial charge in [-0.25, -0.2) is 0 Å². The summed E-state index contributed by atoms with van der Waals surface area (Å²) < 4.78 is 9.69. The summed E-state index contributed by atoms with van der Waals surface area (Å²) in [5.74, 6) is 0. The first kappa shape index (κ1) is 14.1. The second-order valence-corrected chi connectivity index (χ2v) is 5.40. The van der Waals surface area contributed by atoms with Gasteiger partial charge in [0.1, 0.15) is 0 Å². The molecule has 0 amide bonds. The van der Waals surface area contributed by atoms with Crippen molar-refractivity contribution in [2.24, 2.45) is 0 Å². The van der Waals surface area contributed by atoms with E-state index in [2.05, 4.69) is 24.3 Å². The summed E-state index contributed by atoms with van der Waals surface area (Å²) in [4.78, 5) is 1.99. The molecule has 2 nitrogen and oxygen atoms in total. The van der Waals surface area contributed by atoms with E-state index in [1.165, 1.54) is 11.1 Å². The predicted octanol–water partition coefficient (Wildman–Crippen LogP) is 4.18. The van der Waals surface area contributed by atoms with Gasteiger partial charge in [0.05, 0.1) is 12.0 Å². The molecule has 0 aromatic heterocycles. The first-order valence-electron chi connectivity index (χ1n) is 5.98. The van der Waals surface area contributed by atoms with Crippen molar-refractivity contribution in [2.45, 2.75) is 13.1 Å². The lowest BCUT2D eigenvalue weighted by atomic mass is 10.2. The zero-order valence-electron chi connectivity index (χ0n) is 10.4. The van der Waals surface area contributed by atoms with Crippen molar-refractivity contribution >= 4 is 28.6 Å². The molecule has 2 rings (SSSR count). The minimum Gasteiger partial charge on any atom is -0.347 e. The van der Waals surface area contributed by atoms with Gasteiger partial charge in [-0.15, -0.1) is 0 Å². The van der Waals surface area contributed by atoms with Gasteiger partial charge in [-0.1, -0.05) is 72.9 Å². The third kappa shape index (κ3) is 4.35. The van der Waals surface area contributed by atoms with Crippen LogP contribution in [0.3, 0.4) is 0 Å². The first-order valence-corrected chi connectivity index (χ1v) is 7.16. The number of nitrogens with zero attached hydrogens (tertiary/aromatic N) is 1. The molecule has 0 fully saturated rings. The summed E-state index contributed by atoms with van der Waals surface area (Å²) in [6.45, 7) is 1.39. The van der Waals surface area contributed by atoms with Crippen molar-refractivity contribution in [1.82, 2.24) is 4.90 Å². The standard InChI is InChI=1S/C15H15NOS2/c17-19-15(18)16(11-13-7-3-1-4-8-13)12-14-9-5-2-6-10-14/h1-10,17H,11-12H2. The molecule has 0 bridgehead atoms. The van der Waals surface area contributed by atoms with Crippen LogP contribution < -0.4 is 0 Å². The van der Waals surface area contributed by atoms with Crippen molar-refractivity contribution in [3.05, 3.63) is 71.8 Å². The maximum absolute atomic E-state index is 9.20. The molecule has 0 spiro atoms. The molecule has 0 atom stereocenters. The smallest absolute Gasteiger partial charge is 0.164 e. The summed E-state index contributed by atoms with van der Waals surface area (Å²) in [6.07, 6.45) is 0. The van der Waals surface area contributed by atoms with Gasteiger partial charge in [0.2, 0.25) is 0 Å². The van der Waals surface area contributed by atoms with Crippen LogP contribution in [0.15, 0.2) is 60.7 Å². The lowest BCUT2D eigenvalue weighted by molar-refractivity contribution is 0.419. The van der Waals surface area contributed by atoms with E-state index in [9.17, 15) is 4.55 Å². The Bertz CT molecular complexity index is 475. The van der Waals surface area contributed by atoms with E-state index in [1.54, 1.807) is 0 Å². The monoisotopic (exact) mass is 289 g/mol. The van der Waals surface area contributed by atoms with Crippen LogP contribution in [0.2, 0.25) is 0 Å². The van der Waals surface area contributed by atoms with Gasteiger partial charge in [0.25, 0.3) is 0 Å². The molecular formula is C15H15NOS2. The average molecular weight is 289 g/mol. The van der Waals surface area contributed by atoms with E-state index < -0.39 is 0 Å². The maximum Gasteiger partial charge on any atom is 0.164 e. The zero-order chi connectivity index (χ0) is 13.5. The molecule has 19 heavy (non-hydrogen) atoms. The van der Waals surface area contributed by atoms with E-state index in [-0.39, 0.29) is 0 Å². The van der Waals surface area contributed by atoms with Crippen molar-refractivity contribution in [3.8, 4) is 0 Å². The second-order valence-electron chi connectivity index (χ2n) is 4.18. The number of hydrogen-bond acceptors (Lipinski definition) is 3. The van der Waals surface area contributed by atoms with Gasteiger partial charge in [-0.05, 0) is 11.1 Å². The Hall–Kier alpha value is -1.36. The molecule has 4 heteroatoms. The van der Waals surface area contributed by atoms with Gasteiger partial charge >= 0.3 is 0 Å². The second kappa shape index (κ2) is 7.28. The molecule has 0 heterocycles. The highest BCUT2D eigenvalue weighted by Gasteiger charge is 2.11. The lowest BCUT2D eigenvalue weighted by Crippen LogP contribution is -2.26. The molecule has 0 aliphatic carbocycles. The molecule has 0 saturated heterocycles. The van der Waals surface area contributed by atoms with Gasteiger partial charge in [-0.3, -0.25) is 0 Å². The number of hydrogen-bond donors (Lipinski definition) is 1. The largest absolute Gasteiger partial charge is 0.347 e. The molecule has 0 aliphatic heterocycles. The van der Waals surface area contributed by atoms with Crippen molar-refractivity contribution < 1.29 is 4.55 Å². The van der Waals surface area contributed by atoms with Crippen LogP contribution in [0.25, 0.3) is 0 Å². The topological polar surface area (TPSA) is 23.5 Å². The highest BCUT2D eigenvalue weighted by Crippen LogP contribution is 2.15. The minimum atomic E-state index is 0.493. The molecule has 2 aromatic rings. The van der Waals surface area contributed by atoms with Gasteiger partial charge < -0.3 is 9.45 Å². The van der Waals surface area contributed by atoms with E-state index in [0.717, 1.165) is 0 Å². The van der Waals surface area contributed by atoms with Crippen LogP contribution in [0.4, 0.5) is 0 Å². The quantitative estimate of drug-likeness (QED) is 0.674. The minimum absolute atomic E-state index is 0.493. The molecule has 0 saturated carbocycles. The Balaban J connectivity index is 2.10. The van der Waals surface area contributed by atoms with E-state index in [1.807, 2.05) is 41.3 Å². The van der Waals surface area contributed by atoms with E-state index in [0.29, 0.717) is 29.5 Å². The average Bonchev–Trinajstić information content (AvgIpc) is 2.48. The highest BCUT2D eigenvalue weighted by atomic mass is 32.2. The highest BCUT2D eigenvalue weighted by molar-refractivity contribution is 8.19. The van der Waals surface area contributed by atoms with E-state index >= 15 is 0 Å². The molecule has 98 valence electrons. The van der Waals surface area contributed by atoms with Crippen LogP contribution in [0.5, 0.6) is 0 Å². The predicted molar refractivity (Wildman–Crippen MR) is 84.9 cm³/mol. The Kier molecular flexibility index (Phi) is 5.39. The van der Waals surface area contributed by atoms with Crippen LogP contribution in [-0.2, 0) is 13.1 Å². The van der Waals surface area contributed by atoms with Crippen molar-refractivity contribution in [2.75, 3.05) is 0 Å². The number of thiocarbonyl (C=S) groups is 1. The summed E-state index contributed by atoms with van der Waals surface area (Å²) >= 11 is 5.84. The lowest BCUT2D eigenvalue weighted by Gasteiger charge is -2.23. The summed E-state index contributed by atoms with van der Waals surface area (Å²) in [6, 6.07) is 20.2. The van der Waals surface area contributed by atoms with Gasteiger partial charge in [0.15, 0.2) is 4.32 Å². The molecule has 1 N–H and O–H groups in total. The van der Waals surface area contributed by atoms with Crippen LogP contribution in [-0.4, -0.2) is 13.8 Å². The van der Waals surface area contributed by atoms with Crippen LogP contribution in [0, 0.1) is 0 Å². The fraction of sp³-hybridized carbons (Fsp3) is 0.133. The van der Waals surface area contributed by atoms with Gasteiger partial charge in [0, 0.05) is 13.1 Å². The fourth-order valence-electron chi connectivity index (χ4n) is 1.85. The Morgan fingerprint density at radius 2 is 1.32 bits per heavy atom. The Labute approximate surface area is 123 Å².